The van der Waals surface area contributed by atoms with Crippen molar-refractivity contribution in [3.8, 4) is 11.5 Å². The minimum atomic E-state index is -0.531. The first-order valence-electron chi connectivity index (χ1n) is 9.65. The highest BCUT2D eigenvalue weighted by Gasteiger charge is 2.32. The molecule has 1 saturated heterocycles. The van der Waals surface area contributed by atoms with Gasteiger partial charge in [0.2, 0.25) is 11.8 Å². The Morgan fingerprint density at radius 1 is 0.903 bits per heavy atom. The molecule has 3 aromatic rings. The molecule has 3 aromatic carbocycles. The lowest BCUT2D eigenvalue weighted by Gasteiger charge is -2.09. The van der Waals surface area contributed by atoms with E-state index in [4.69, 9.17) is 4.74 Å². The second kappa shape index (κ2) is 9.82. The number of nitrogens with one attached hydrogen (secondary N) is 3. The third kappa shape index (κ3) is 5.86. The fourth-order valence-corrected chi connectivity index (χ4v) is 3.76. The van der Waals surface area contributed by atoms with Crippen molar-refractivity contribution in [2.45, 2.75) is 11.7 Å². The molecule has 1 heterocycles. The molecule has 0 aliphatic carbocycles. The first-order chi connectivity index (χ1) is 15.2. The van der Waals surface area contributed by atoms with Gasteiger partial charge in [-0.15, -0.1) is 5.10 Å². The van der Waals surface area contributed by atoms with E-state index in [1.54, 1.807) is 24.3 Å². The smallest absolute Gasteiger partial charge is 0.240 e. The SMILES string of the molecule is O=C(C[C@@H]1SC(=NNc2ccccc2)NC1=O)Nc1ccc(Oc2ccccc2)cc1. The molecule has 0 unspecified atom stereocenters. The lowest BCUT2D eigenvalue weighted by atomic mass is 10.2. The third-order valence-corrected chi connectivity index (χ3v) is 5.41. The van der Waals surface area contributed by atoms with Crippen LogP contribution in [0.2, 0.25) is 0 Å². The lowest BCUT2D eigenvalue weighted by Crippen LogP contribution is -2.28. The van der Waals surface area contributed by atoms with E-state index in [0.29, 0.717) is 16.6 Å². The Balaban J connectivity index is 1.28. The number of ether oxygens (including phenoxy) is 1. The Morgan fingerprint density at radius 3 is 2.26 bits per heavy atom. The topological polar surface area (TPSA) is 91.8 Å². The third-order valence-electron chi connectivity index (χ3n) is 4.32. The van der Waals surface area contributed by atoms with Gasteiger partial charge in [0.25, 0.3) is 0 Å². The molecule has 1 aliphatic rings. The molecule has 0 spiro atoms. The van der Waals surface area contributed by atoms with Gasteiger partial charge in [0.15, 0.2) is 5.17 Å². The quantitative estimate of drug-likeness (QED) is 0.481. The van der Waals surface area contributed by atoms with Gasteiger partial charge in [-0.25, -0.2) is 0 Å². The molecule has 2 amide bonds. The minimum Gasteiger partial charge on any atom is -0.457 e. The number of anilines is 2. The van der Waals surface area contributed by atoms with Crippen LogP contribution in [0.3, 0.4) is 0 Å². The Morgan fingerprint density at radius 2 is 1.55 bits per heavy atom. The van der Waals surface area contributed by atoms with Crippen molar-refractivity contribution in [1.29, 1.82) is 0 Å². The average molecular weight is 433 g/mol. The number of benzene rings is 3. The second-order valence-electron chi connectivity index (χ2n) is 6.68. The average Bonchev–Trinajstić information content (AvgIpc) is 3.14. The van der Waals surface area contributed by atoms with Gasteiger partial charge in [0.05, 0.1) is 5.69 Å². The van der Waals surface area contributed by atoms with Gasteiger partial charge in [0.1, 0.15) is 16.7 Å². The number of hydrazone groups is 1. The summed E-state index contributed by atoms with van der Waals surface area (Å²) in [7, 11) is 0. The Bertz CT molecular complexity index is 1070. The van der Waals surface area contributed by atoms with Gasteiger partial charge in [-0.3, -0.25) is 15.0 Å². The summed E-state index contributed by atoms with van der Waals surface area (Å²) in [5.74, 6) is 0.923. The van der Waals surface area contributed by atoms with Gasteiger partial charge in [-0.2, -0.15) is 0 Å². The monoisotopic (exact) mass is 432 g/mol. The summed E-state index contributed by atoms with van der Waals surface area (Å²) in [5, 5.41) is 9.59. The van der Waals surface area contributed by atoms with Gasteiger partial charge in [0, 0.05) is 12.1 Å². The van der Waals surface area contributed by atoms with Gasteiger partial charge >= 0.3 is 0 Å². The van der Waals surface area contributed by atoms with E-state index in [1.165, 1.54) is 11.8 Å². The first-order valence-corrected chi connectivity index (χ1v) is 10.5. The Kier molecular flexibility index (Phi) is 6.49. The Labute approximate surface area is 183 Å². The van der Waals surface area contributed by atoms with Gasteiger partial charge in [-0.05, 0) is 48.5 Å². The van der Waals surface area contributed by atoms with E-state index in [2.05, 4.69) is 21.2 Å². The van der Waals surface area contributed by atoms with E-state index in [0.717, 1.165) is 11.4 Å². The molecule has 1 fully saturated rings. The van der Waals surface area contributed by atoms with E-state index >= 15 is 0 Å². The van der Waals surface area contributed by atoms with E-state index in [9.17, 15) is 9.59 Å². The number of hydrogen-bond acceptors (Lipinski definition) is 6. The zero-order chi connectivity index (χ0) is 21.5. The molecule has 8 heteroatoms. The number of para-hydroxylation sites is 2. The van der Waals surface area contributed by atoms with Crippen LogP contribution in [0.5, 0.6) is 11.5 Å². The molecule has 7 nitrogen and oxygen atoms in total. The molecule has 1 aliphatic heterocycles. The summed E-state index contributed by atoms with van der Waals surface area (Å²) in [6.07, 6.45) is 0.0448. The summed E-state index contributed by atoms with van der Waals surface area (Å²) >= 11 is 1.23. The number of thioether (sulfide) groups is 1. The number of nitrogens with zero attached hydrogens (tertiary/aromatic N) is 1. The van der Waals surface area contributed by atoms with Crippen molar-refractivity contribution in [1.82, 2.24) is 5.32 Å². The molecular formula is C23H20N4O3S. The number of amides is 2. The molecule has 31 heavy (non-hydrogen) atoms. The molecular weight excluding hydrogens is 412 g/mol. The molecule has 4 rings (SSSR count). The van der Waals surface area contributed by atoms with Gasteiger partial charge in [-0.1, -0.05) is 48.2 Å². The van der Waals surface area contributed by atoms with E-state index < -0.39 is 5.25 Å². The van der Waals surface area contributed by atoms with Crippen LogP contribution in [0.15, 0.2) is 90.0 Å². The highest BCUT2D eigenvalue weighted by atomic mass is 32.2. The summed E-state index contributed by atoms with van der Waals surface area (Å²) in [6.45, 7) is 0. The Hall–Kier alpha value is -3.78. The van der Waals surface area contributed by atoms with Crippen LogP contribution in [0.4, 0.5) is 11.4 Å². The predicted molar refractivity (Wildman–Crippen MR) is 123 cm³/mol. The molecule has 0 saturated carbocycles. The molecule has 3 N–H and O–H groups in total. The molecule has 0 bridgehead atoms. The predicted octanol–water partition coefficient (Wildman–Crippen LogP) is 4.42. The van der Waals surface area contributed by atoms with Crippen molar-refractivity contribution in [2.75, 3.05) is 10.7 Å². The summed E-state index contributed by atoms with van der Waals surface area (Å²) in [4.78, 5) is 24.5. The number of carbonyl (C=O) groups is 2. The van der Waals surface area contributed by atoms with E-state index in [-0.39, 0.29) is 18.2 Å². The van der Waals surface area contributed by atoms with Crippen molar-refractivity contribution >= 4 is 40.1 Å². The number of carbonyl (C=O) groups excluding carboxylic acids is 2. The van der Waals surface area contributed by atoms with Gasteiger partial charge < -0.3 is 15.4 Å². The van der Waals surface area contributed by atoms with Crippen LogP contribution >= 0.6 is 11.8 Å². The van der Waals surface area contributed by atoms with E-state index in [1.807, 2.05) is 60.7 Å². The molecule has 0 aromatic heterocycles. The molecule has 1 atom stereocenters. The standard InChI is InChI=1S/C23H20N4O3S/c28-21(24-16-11-13-19(14-12-16)30-18-9-5-2-6-10-18)15-20-22(29)25-23(31-20)27-26-17-7-3-1-4-8-17/h1-14,20,26H,15H2,(H,24,28)(H,25,27,29)/t20-/m0/s1. The highest BCUT2D eigenvalue weighted by molar-refractivity contribution is 8.15. The lowest BCUT2D eigenvalue weighted by molar-refractivity contribution is -0.122. The van der Waals surface area contributed by atoms with Crippen molar-refractivity contribution in [2.24, 2.45) is 5.10 Å². The fourth-order valence-electron chi connectivity index (χ4n) is 2.83. The van der Waals surface area contributed by atoms with Crippen LogP contribution in [0.25, 0.3) is 0 Å². The van der Waals surface area contributed by atoms with Crippen LogP contribution in [-0.4, -0.2) is 22.2 Å². The van der Waals surface area contributed by atoms with Crippen LogP contribution < -0.4 is 20.8 Å². The number of hydrogen-bond donors (Lipinski definition) is 3. The zero-order valence-corrected chi connectivity index (χ0v) is 17.3. The summed E-state index contributed by atoms with van der Waals surface area (Å²) < 4.78 is 5.74. The largest absolute Gasteiger partial charge is 0.457 e. The van der Waals surface area contributed by atoms with Crippen molar-refractivity contribution in [3.05, 3.63) is 84.9 Å². The van der Waals surface area contributed by atoms with Crippen LogP contribution in [0.1, 0.15) is 6.42 Å². The van der Waals surface area contributed by atoms with Crippen molar-refractivity contribution < 1.29 is 14.3 Å². The summed E-state index contributed by atoms with van der Waals surface area (Å²) in [6, 6.07) is 25.9. The maximum Gasteiger partial charge on any atom is 0.240 e. The highest BCUT2D eigenvalue weighted by Crippen LogP contribution is 2.25. The number of amidine groups is 1. The summed E-state index contributed by atoms with van der Waals surface area (Å²) in [5.41, 5.74) is 4.33. The first kappa shape index (κ1) is 20.5. The van der Waals surface area contributed by atoms with Crippen LogP contribution in [0, 0.1) is 0 Å². The fraction of sp³-hybridized carbons (Fsp3) is 0.0870. The number of rotatable bonds is 7. The van der Waals surface area contributed by atoms with Crippen molar-refractivity contribution in [3.63, 3.8) is 0 Å². The molecule has 0 radical (unpaired) electrons. The maximum atomic E-state index is 12.4. The maximum absolute atomic E-state index is 12.4. The zero-order valence-electron chi connectivity index (χ0n) is 16.4. The molecule has 156 valence electrons. The second-order valence-corrected chi connectivity index (χ2v) is 7.87. The minimum absolute atomic E-state index is 0.0448. The van der Waals surface area contributed by atoms with Crippen LogP contribution in [-0.2, 0) is 9.59 Å². The normalized spacial score (nSPS) is 16.6.